The van der Waals surface area contributed by atoms with E-state index in [0.717, 1.165) is 67.0 Å². The van der Waals surface area contributed by atoms with Crippen LogP contribution in [0.5, 0.6) is 5.75 Å². The van der Waals surface area contributed by atoms with Crippen LogP contribution in [0.3, 0.4) is 0 Å². The molecule has 0 bridgehead atoms. The zero-order valence-corrected chi connectivity index (χ0v) is 22.8. The van der Waals surface area contributed by atoms with E-state index in [0.29, 0.717) is 17.5 Å². The predicted octanol–water partition coefficient (Wildman–Crippen LogP) is 8.80. The summed E-state index contributed by atoms with van der Waals surface area (Å²) >= 11 is 0. The van der Waals surface area contributed by atoms with E-state index in [-0.39, 0.29) is 6.10 Å². The summed E-state index contributed by atoms with van der Waals surface area (Å²) in [5, 5.41) is 23.1. The number of para-hydroxylation sites is 2. The summed E-state index contributed by atoms with van der Waals surface area (Å²) < 4.78 is 15.0. The molecule has 0 fully saturated rings. The molecule has 1 atom stereocenters. The van der Waals surface area contributed by atoms with Gasteiger partial charge >= 0.3 is 0 Å². The van der Waals surface area contributed by atoms with Gasteiger partial charge in [-0.3, -0.25) is 0 Å². The Morgan fingerprint density at radius 2 is 1.53 bits per heavy atom. The van der Waals surface area contributed by atoms with Crippen molar-refractivity contribution >= 4 is 44.4 Å². The first-order valence-electron chi connectivity index (χ1n) is 14.2. The molecule has 0 saturated heterocycles. The van der Waals surface area contributed by atoms with Crippen molar-refractivity contribution in [1.29, 1.82) is 10.5 Å². The molecule has 2 aromatic heterocycles. The summed E-state index contributed by atoms with van der Waals surface area (Å²) in [7, 11) is 0. The van der Waals surface area contributed by atoms with Crippen LogP contribution in [0.15, 0.2) is 108 Å². The second-order valence-electron chi connectivity index (χ2n) is 11.1. The van der Waals surface area contributed by atoms with Crippen molar-refractivity contribution in [1.82, 2.24) is 4.57 Å². The van der Waals surface area contributed by atoms with Gasteiger partial charge in [0.1, 0.15) is 23.2 Å². The van der Waals surface area contributed by atoms with Gasteiger partial charge in [0.05, 0.1) is 40.0 Å². The van der Waals surface area contributed by atoms with Gasteiger partial charge in [-0.2, -0.15) is 10.5 Å². The summed E-state index contributed by atoms with van der Waals surface area (Å²) in [6.07, 6.45) is 2.58. The minimum absolute atomic E-state index is 0.138. The van der Waals surface area contributed by atoms with Gasteiger partial charge in [0, 0.05) is 44.8 Å². The summed E-state index contributed by atoms with van der Waals surface area (Å²) in [6, 6.07) is 39.2. The van der Waals surface area contributed by atoms with Gasteiger partial charge < -0.3 is 13.7 Å². The standard InChI is InChI=1S/C38H21N3O2/c39-20-22-12-14-34-27(16-22)29-18-37-30(19-36(29)42-34)28-17-23(13-15-35(28)43-37)38-24(21-40)6-5-11-33(38)41-31-9-3-1-7-25(31)26-8-2-4-10-32(26)41/h1-18,36H,19H2. The molecule has 0 N–H and O–H groups in total. The summed E-state index contributed by atoms with van der Waals surface area (Å²) in [4.78, 5) is 0. The number of benzene rings is 5. The monoisotopic (exact) mass is 551 g/mol. The maximum Gasteiger partial charge on any atom is 0.135 e. The average Bonchev–Trinajstić information content (AvgIpc) is 3.71. The smallest absolute Gasteiger partial charge is 0.135 e. The molecular formula is C38H21N3O2. The van der Waals surface area contributed by atoms with Gasteiger partial charge in [-0.1, -0.05) is 48.5 Å². The maximum atomic E-state index is 10.3. The van der Waals surface area contributed by atoms with E-state index in [1.807, 2.05) is 36.4 Å². The predicted molar refractivity (Wildman–Crippen MR) is 168 cm³/mol. The normalized spacial score (nSPS) is 14.9. The number of hydrogen-bond donors (Lipinski definition) is 0. The average molecular weight is 552 g/mol. The Morgan fingerprint density at radius 1 is 0.744 bits per heavy atom. The van der Waals surface area contributed by atoms with Crippen molar-refractivity contribution in [3.8, 4) is 34.7 Å². The first kappa shape index (κ1) is 23.6. The van der Waals surface area contributed by atoms with Gasteiger partial charge in [0.25, 0.3) is 0 Å². The van der Waals surface area contributed by atoms with E-state index in [4.69, 9.17) is 9.15 Å². The van der Waals surface area contributed by atoms with Crippen molar-refractivity contribution in [2.24, 2.45) is 0 Å². The summed E-state index contributed by atoms with van der Waals surface area (Å²) in [5.41, 5.74) is 10.1. The van der Waals surface area contributed by atoms with Gasteiger partial charge in [0.15, 0.2) is 0 Å². The molecule has 9 rings (SSSR count). The van der Waals surface area contributed by atoms with Gasteiger partial charge in [0.2, 0.25) is 0 Å². The molecule has 0 spiro atoms. The zero-order chi connectivity index (χ0) is 28.7. The van der Waals surface area contributed by atoms with Crippen LogP contribution >= 0.6 is 0 Å². The first-order chi connectivity index (χ1) is 21.2. The van der Waals surface area contributed by atoms with Crippen LogP contribution < -0.4 is 4.74 Å². The molecule has 43 heavy (non-hydrogen) atoms. The van der Waals surface area contributed by atoms with Crippen LogP contribution in [0.1, 0.15) is 28.0 Å². The van der Waals surface area contributed by atoms with Crippen LogP contribution in [0, 0.1) is 22.7 Å². The van der Waals surface area contributed by atoms with E-state index in [2.05, 4.69) is 83.4 Å². The molecule has 2 aliphatic rings. The maximum absolute atomic E-state index is 10.3. The number of fused-ring (bicyclic) bond motifs is 9. The zero-order valence-electron chi connectivity index (χ0n) is 22.8. The first-order valence-corrected chi connectivity index (χ1v) is 14.2. The Bertz CT molecular complexity index is 2390. The molecule has 0 radical (unpaired) electrons. The van der Waals surface area contributed by atoms with E-state index < -0.39 is 0 Å². The van der Waals surface area contributed by atoms with Crippen LogP contribution in [-0.4, -0.2) is 10.7 Å². The minimum atomic E-state index is -0.138. The lowest BCUT2D eigenvalue weighted by Crippen LogP contribution is -2.18. The largest absolute Gasteiger partial charge is 0.485 e. The molecule has 1 aliphatic heterocycles. The molecule has 5 heteroatoms. The highest BCUT2D eigenvalue weighted by Crippen LogP contribution is 2.46. The SMILES string of the molecule is N#Cc1ccc2c(c1)C1=Cc3oc4ccc(-c5c(C#N)cccc5-n5c6ccccc6c6ccccc65)cc4c3CC1O2. The van der Waals surface area contributed by atoms with Gasteiger partial charge in [-0.05, 0) is 66.2 Å². The molecule has 0 saturated carbocycles. The van der Waals surface area contributed by atoms with Crippen LogP contribution in [0.2, 0.25) is 0 Å². The van der Waals surface area contributed by atoms with Crippen molar-refractivity contribution in [2.45, 2.75) is 12.5 Å². The van der Waals surface area contributed by atoms with Crippen molar-refractivity contribution in [3.05, 3.63) is 131 Å². The number of hydrogen-bond acceptors (Lipinski definition) is 4. The highest BCUT2D eigenvalue weighted by Gasteiger charge is 2.35. The summed E-state index contributed by atoms with van der Waals surface area (Å²) in [5.74, 6) is 1.61. The molecule has 7 aromatic rings. The van der Waals surface area contributed by atoms with Crippen LogP contribution in [-0.2, 0) is 6.42 Å². The fourth-order valence-electron chi connectivity index (χ4n) is 6.92. The third-order valence-electron chi connectivity index (χ3n) is 8.81. The van der Waals surface area contributed by atoms with E-state index in [9.17, 15) is 10.5 Å². The Balaban J connectivity index is 1.25. The lowest BCUT2D eigenvalue weighted by Gasteiger charge is -2.17. The van der Waals surface area contributed by atoms with E-state index >= 15 is 0 Å². The lowest BCUT2D eigenvalue weighted by molar-refractivity contribution is 0.275. The number of aromatic nitrogens is 1. The van der Waals surface area contributed by atoms with E-state index in [1.165, 1.54) is 10.8 Å². The Hall–Kier alpha value is -6.04. The number of ether oxygens (including phenoxy) is 1. The van der Waals surface area contributed by atoms with Gasteiger partial charge in [-0.15, -0.1) is 0 Å². The molecule has 1 aliphatic carbocycles. The summed E-state index contributed by atoms with van der Waals surface area (Å²) in [6.45, 7) is 0. The number of nitrogens with zero attached hydrogens (tertiary/aromatic N) is 3. The number of nitriles is 2. The van der Waals surface area contributed by atoms with Crippen molar-refractivity contribution in [2.75, 3.05) is 0 Å². The third kappa shape index (κ3) is 3.31. The highest BCUT2D eigenvalue weighted by molar-refractivity contribution is 6.10. The van der Waals surface area contributed by atoms with Crippen LogP contribution in [0.4, 0.5) is 0 Å². The fourth-order valence-corrected chi connectivity index (χ4v) is 6.92. The fraction of sp³-hybridized carbons (Fsp3) is 0.0526. The molecule has 0 amide bonds. The molecule has 5 aromatic carbocycles. The molecule has 1 unspecified atom stereocenters. The van der Waals surface area contributed by atoms with Crippen LogP contribution in [0.25, 0.3) is 61.2 Å². The Labute approximate surface area is 246 Å². The molecule has 200 valence electrons. The Kier molecular flexibility index (Phi) is 4.80. The van der Waals surface area contributed by atoms with E-state index in [1.54, 1.807) is 6.07 Å². The Morgan fingerprint density at radius 3 is 2.30 bits per heavy atom. The third-order valence-corrected chi connectivity index (χ3v) is 8.81. The van der Waals surface area contributed by atoms with Gasteiger partial charge in [-0.25, -0.2) is 0 Å². The minimum Gasteiger partial charge on any atom is -0.485 e. The number of furan rings is 1. The molecule has 3 heterocycles. The van der Waals surface area contributed by atoms with Crippen molar-refractivity contribution in [3.63, 3.8) is 0 Å². The quantitative estimate of drug-likeness (QED) is 0.215. The second-order valence-corrected chi connectivity index (χ2v) is 11.1. The number of rotatable bonds is 2. The second kappa shape index (κ2) is 8.73. The van der Waals surface area contributed by atoms with Crippen molar-refractivity contribution < 1.29 is 9.15 Å². The molecule has 5 nitrogen and oxygen atoms in total. The topological polar surface area (TPSA) is 74.9 Å². The lowest BCUT2D eigenvalue weighted by atomic mass is 9.89. The highest BCUT2D eigenvalue weighted by atomic mass is 16.5. The molecular weight excluding hydrogens is 530 g/mol.